The molecule has 2 aromatic heterocycles. The van der Waals surface area contributed by atoms with Crippen molar-refractivity contribution in [3.8, 4) is 17.1 Å². The summed E-state index contributed by atoms with van der Waals surface area (Å²) < 4.78 is 5.74. The van der Waals surface area contributed by atoms with E-state index in [1.54, 1.807) is 42.5 Å². The summed E-state index contributed by atoms with van der Waals surface area (Å²) in [5.41, 5.74) is 9.61. The van der Waals surface area contributed by atoms with E-state index in [1.807, 2.05) is 6.07 Å². The van der Waals surface area contributed by atoms with Crippen LogP contribution in [0.4, 0.5) is 5.82 Å². The van der Waals surface area contributed by atoms with Gasteiger partial charge in [-0.1, -0.05) is 64.8 Å². The van der Waals surface area contributed by atoms with Crippen LogP contribution in [0.25, 0.3) is 17.1 Å². The fourth-order valence-corrected chi connectivity index (χ4v) is 3.10. The van der Waals surface area contributed by atoms with E-state index in [1.165, 1.54) is 6.21 Å². The van der Waals surface area contributed by atoms with Crippen LogP contribution in [0.15, 0.2) is 58.3 Å². The van der Waals surface area contributed by atoms with Crippen molar-refractivity contribution < 1.29 is 9.42 Å². The van der Waals surface area contributed by atoms with Crippen LogP contribution in [0, 0.1) is 0 Å². The van der Waals surface area contributed by atoms with Crippen LogP contribution in [0.2, 0.25) is 10.0 Å². The van der Waals surface area contributed by atoms with E-state index in [0.29, 0.717) is 26.9 Å². The highest BCUT2D eigenvalue weighted by atomic mass is 35.5. The zero-order chi connectivity index (χ0) is 21.1. The number of carbonyl (C=O) groups excluding carboxylic acids is 1. The molecule has 1 amide bonds. The molecule has 0 saturated carbocycles. The molecule has 150 valence electrons. The van der Waals surface area contributed by atoms with Gasteiger partial charge in [-0.15, -0.1) is 5.10 Å². The van der Waals surface area contributed by atoms with Crippen LogP contribution in [0.5, 0.6) is 0 Å². The van der Waals surface area contributed by atoms with Gasteiger partial charge in [0, 0.05) is 11.1 Å². The predicted molar refractivity (Wildman–Crippen MR) is 111 cm³/mol. The smallest absolute Gasteiger partial charge is 0.292 e. The highest BCUT2D eigenvalue weighted by Crippen LogP contribution is 2.25. The number of hydrazone groups is 1. The van der Waals surface area contributed by atoms with E-state index in [9.17, 15) is 4.79 Å². The lowest BCUT2D eigenvalue weighted by molar-refractivity contribution is 0.0948. The van der Waals surface area contributed by atoms with Crippen LogP contribution in [0.3, 0.4) is 0 Å². The average Bonchev–Trinajstić information content (AvgIpc) is 3.36. The molecule has 2 heterocycles. The minimum atomic E-state index is -0.624. The first-order valence-electron chi connectivity index (χ1n) is 8.43. The van der Waals surface area contributed by atoms with Crippen molar-refractivity contribution in [3.63, 3.8) is 0 Å². The van der Waals surface area contributed by atoms with Gasteiger partial charge in [0.1, 0.15) is 5.69 Å². The summed E-state index contributed by atoms with van der Waals surface area (Å²) in [5, 5.41) is 20.0. The summed E-state index contributed by atoms with van der Waals surface area (Å²) in [4.78, 5) is 13.0. The van der Waals surface area contributed by atoms with Crippen molar-refractivity contribution in [2.24, 2.45) is 5.10 Å². The number of hydrogen-bond acceptors (Lipinski definition) is 8. The van der Waals surface area contributed by atoms with Crippen molar-refractivity contribution in [2.75, 3.05) is 5.73 Å². The van der Waals surface area contributed by atoms with Gasteiger partial charge in [-0.25, -0.2) is 10.1 Å². The van der Waals surface area contributed by atoms with E-state index < -0.39 is 5.91 Å². The number of anilines is 1. The Morgan fingerprint density at radius 1 is 1.10 bits per heavy atom. The molecule has 0 aliphatic carbocycles. The fourth-order valence-electron chi connectivity index (χ4n) is 2.60. The highest BCUT2D eigenvalue weighted by Gasteiger charge is 2.25. The fraction of sp³-hybridized carbons (Fsp3) is 0. The Hall–Kier alpha value is -3.76. The molecule has 10 nitrogen and oxygen atoms in total. The number of nitrogens with two attached hydrogens (primary N) is 1. The Morgan fingerprint density at radius 3 is 2.50 bits per heavy atom. The molecule has 2 aromatic carbocycles. The average molecular weight is 443 g/mol. The summed E-state index contributed by atoms with van der Waals surface area (Å²) in [6.07, 6.45) is 1.34. The molecular formula is C18H12Cl2N8O2. The van der Waals surface area contributed by atoms with Crippen molar-refractivity contribution in [1.29, 1.82) is 0 Å². The summed E-state index contributed by atoms with van der Waals surface area (Å²) in [5.74, 6) is -0.659. The van der Waals surface area contributed by atoms with E-state index in [4.69, 9.17) is 28.9 Å². The molecule has 12 heteroatoms. The molecule has 0 aliphatic rings. The minimum Gasteiger partial charge on any atom is -0.378 e. The highest BCUT2D eigenvalue weighted by molar-refractivity contribution is 6.38. The van der Waals surface area contributed by atoms with Gasteiger partial charge >= 0.3 is 0 Å². The van der Waals surface area contributed by atoms with Crippen molar-refractivity contribution in [1.82, 2.24) is 30.7 Å². The van der Waals surface area contributed by atoms with Gasteiger partial charge in [0.05, 0.1) is 16.3 Å². The lowest BCUT2D eigenvalue weighted by atomic mass is 10.1. The number of hydrogen-bond donors (Lipinski definition) is 2. The number of halogens is 2. The third-order valence-electron chi connectivity index (χ3n) is 3.99. The maximum Gasteiger partial charge on any atom is 0.292 e. The van der Waals surface area contributed by atoms with Crippen LogP contribution >= 0.6 is 23.2 Å². The first kappa shape index (κ1) is 19.6. The summed E-state index contributed by atoms with van der Waals surface area (Å²) in [7, 11) is 0. The van der Waals surface area contributed by atoms with Gasteiger partial charge in [-0.3, -0.25) is 4.79 Å². The molecule has 3 N–H and O–H groups in total. The maximum atomic E-state index is 13.0. The second-order valence-corrected chi connectivity index (χ2v) is 6.69. The molecule has 0 fully saturated rings. The van der Waals surface area contributed by atoms with Crippen LogP contribution in [-0.4, -0.2) is 37.4 Å². The third kappa shape index (κ3) is 3.73. The molecule has 0 radical (unpaired) electrons. The molecule has 0 spiro atoms. The van der Waals surface area contributed by atoms with Crippen LogP contribution in [0.1, 0.15) is 16.1 Å². The molecule has 0 saturated heterocycles. The number of benzene rings is 2. The van der Waals surface area contributed by atoms with E-state index in [0.717, 1.165) is 4.68 Å². The molecule has 4 rings (SSSR count). The first-order valence-corrected chi connectivity index (χ1v) is 9.19. The number of carbonyl (C=O) groups is 1. The van der Waals surface area contributed by atoms with E-state index in [-0.39, 0.29) is 17.3 Å². The van der Waals surface area contributed by atoms with Gasteiger partial charge in [0.25, 0.3) is 5.91 Å². The number of nitrogen functional groups attached to an aromatic ring is 1. The Balaban J connectivity index is 1.71. The number of nitrogens with zero attached hydrogens (tertiary/aromatic N) is 6. The normalized spacial score (nSPS) is 11.1. The zero-order valence-electron chi connectivity index (χ0n) is 15.0. The molecule has 0 unspecified atom stereocenters. The molecule has 0 bridgehead atoms. The van der Waals surface area contributed by atoms with Gasteiger partial charge in [-0.05, 0) is 22.4 Å². The largest absolute Gasteiger partial charge is 0.378 e. The topological polar surface area (TPSA) is 137 Å². The minimum absolute atomic E-state index is 0.0213. The SMILES string of the molecule is Nc1nonc1-n1nnc(-c2ccccc2)c1C(=O)N/N=C/c1c(Cl)cccc1Cl. The second kappa shape index (κ2) is 8.31. The lowest BCUT2D eigenvalue weighted by Gasteiger charge is -2.05. The van der Waals surface area contributed by atoms with Gasteiger partial charge < -0.3 is 5.73 Å². The number of amides is 1. The monoisotopic (exact) mass is 442 g/mol. The van der Waals surface area contributed by atoms with Gasteiger partial charge in [-0.2, -0.15) is 9.78 Å². The molecule has 4 aromatic rings. The van der Waals surface area contributed by atoms with E-state index >= 15 is 0 Å². The number of nitrogens with one attached hydrogen (secondary N) is 1. The van der Waals surface area contributed by atoms with Crippen molar-refractivity contribution >= 4 is 41.1 Å². The molecule has 0 atom stereocenters. The van der Waals surface area contributed by atoms with Crippen LogP contribution in [-0.2, 0) is 0 Å². The molecule has 0 aliphatic heterocycles. The Kier molecular flexibility index (Phi) is 5.42. The Morgan fingerprint density at radius 2 is 1.83 bits per heavy atom. The maximum absolute atomic E-state index is 13.0. The van der Waals surface area contributed by atoms with E-state index in [2.05, 4.69) is 35.8 Å². The van der Waals surface area contributed by atoms with Gasteiger partial charge in [0.2, 0.25) is 11.6 Å². The number of rotatable bonds is 5. The summed E-state index contributed by atoms with van der Waals surface area (Å²) in [6, 6.07) is 14.0. The first-order chi connectivity index (χ1) is 14.6. The zero-order valence-corrected chi connectivity index (χ0v) is 16.5. The Labute approximate surface area is 179 Å². The Bertz CT molecular complexity index is 1220. The summed E-state index contributed by atoms with van der Waals surface area (Å²) in [6.45, 7) is 0. The lowest BCUT2D eigenvalue weighted by Crippen LogP contribution is -2.22. The van der Waals surface area contributed by atoms with Crippen LogP contribution < -0.4 is 11.2 Å². The van der Waals surface area contributed by atoms with Crippen molar-refractivity contribution in [2.45, 2.75) is 0 Å². The third-order valence-corrected chi connectivity index (χ3v) is 4.65. The standard InChI is InChI=1S/C18H12Cl2N8O2/c19-12-7-4-8-13(20)11(12)9-22-24-18(29)15-14(10-5-2-1-3-6-10)23-27-28(15)17-16(21)25-30-26-17/h1-9H,(H2,21,25)(H,24,29)/b22-9+. The van der Waals surface area contributed by atoms with Gasteiger partial charge in [0.15, 0.2) is 5.69 Å². The molecular weight excluding hydrogens is 431 g/mol. The summed E-state index contributed by atoms with van der Waals surface area (Å²) >= 11 is 12.2. The molecule has 30 heavy (non-hydrogen) atoms. The predicted octanol–water partition coefficient (Wildman–Crippen LogP) is 2.97. The number of aromatic nitrogens is 5. The second-order valence-electron chi connectivity index (χ2n) is 5.87. The van der Waals surface area contributed by atoms with Crippen molar-refractivity contribution in [3.05, 3.63) is 69.8 Å². The quantitative estimate of drug-likeness (QED) is 0.357.